The lowest BCUT2D eigenvalue weighted by Crippen LogP contribution is -2.38. The molecule has 1 saturated heterocycles. The van der Waals surface area contributed by atoms with Crippen molar-refractivity contribution < 1.29 is 19.5 Å². The Hall–Kier alpha value is -2.93. The summed E-state index contributed by atoms with van der Waals surface area (Å²) in [5, 5.41) is 12.7. The lowest BCUT2D eigenvalue weighted by molar-refractivity contribution is -0.144. The van der Waals surface area contributed by atoms with E-state index in [1.807, 2.05) is 24.3 Å². The van der Waals surface area contributed by atoms with E-state index in [0.717, 1.165) is 16.5 Å². The number of allylic oxidation sites excluding steroid dienone is 2. The Labute approximate surface area is 188 Å². The van der Waals surface area contributed by atoms with Gasteiger partial charge in [-0.3, -0.25) is 19.3 Å². The standard InChI is InChI=1S/C24H21BrN2O4/c25-16-9-7-13(8-10-16)18(12-20(29)26-17-3-1-2-4-19(17)28)27-23(30)21-14-5-6-15(11-14)22(21)24(27)31/h1-10,14-15,18,21-22,28H,11-12H2,(H,26,29). The summed E-state index contributed by atoms with van der Waals surface area (Å²) >= 11 is 3.41. The van der Waals surface area contributed by atoms with E-state index in [2.05, 4.69) is 33.4 Å². The Balaban J connectivity index is 1.45. The Morgan fingerprint density at radius 2 is 1.65 bits per heavy atom. The number of nitrogens with zero attached hydrogens (tertiary/aromatic N) is 1. The third-order valence-electron chi connectivity index (χ3n) is 6.63. The number of benzene rings is 2. The molecule has 2 aromatic carbocycles. The molecule has 5 unspecified atom stereocenters. The van der Waals surface area contributed by atoms with Gasteiger partial charge in [0.2, 0.25) is 17.7 Å². The van der Waals surface area contributed by atoms with Crippen molar-refractivity contribution in [2.24, 2.45) is 23.7 Å². The zero-order chi connectivity index (χ0) is 21.7. The third kappa shape index (κ3) is 3.37. The summed E-state index contributed by atoms with van der Waals surface area (Å²) in [5.41, 5.74) is 1.01. The highest BCUT2D eigenvalue weighted by molar-refractivity contribution is 9.10. The number of halogens is 1. The van der Waals surface area contributed by atoms with Crippen molar-refractivity contribution in [3.05, 3.63) is 70.7 Å². The van der Waals surface area contributed by atoms with Crippen molar-refractivity contribution in [3.8, 4) is 5.75 Å². The van der Waals surface area contributed by atoms with Gasteiger partial charge < -0.3 is 10.4 Å². The fourth-order valence-corrected chi connectivity index (χ4v) is 5.50. The number of phenolic OH excluding ortho intramolecular Hbond substituents is 1. The van der Waals surface area contributed by atoms with E-state index in [0.29, 0.717) is 5.69 Å². The van der Waals surface area contributed by atoms with Crippen LogP contribution in [0.5, 0.6) is 5.75 Å². The van der Waals surface area contributed by atoms with Crippen molar-refractivity contribution >= 4 is 39.3 Å². The van der Waals surface area contributed by atoms with Crippen LogP contribution in [-0.4, -0.2) is 27.7 Å². The van der Waals surface area contributed by atoms with Crippen LogP contribution in [-0.2, 0) is 14.4 Å². The summed E-state index contributed by atoms with van der Waals surface area (Å²) < 4.78 is 0.867. The van der Waals surface area contributed by atoms with E-state index >= 15 is 0 Å². The number of carbonyl (C=O) groups excluding carboxylic acids is 3. The molecular weight excluding hydrogens is 460 g/mol. The van der Waals surface area contributed by atoms with Gasteiger partial charge in [0.15, 0.2) is 0 Å². The SMILES string of the molecule is O=C(CC(c1ccc(Br)cc1)N1C(=O)C2C3C=CC(C3)C2C1=O)Nc1ccccc1O. The number of aromatic hydroxyl groups is 1. The molecule has 2 bridgehead atoms. The van der Waals surface area contributed by atoms with Gasteiger partial charge in [-0.05, 0) is 48.1 Å². The first-order chi connectivity index (χ1) is 14.9. The molecule has 3 amide bonds. The van der Waals surface area contributed by atoms with Crippen LogP contribution in [0, 0.1) is 23.7 Å². The van der Waals surface area contributed by atoms with Gasteiger partial charge in [0.25, 0.3) is 0 Å². The molecule has 0 aromatic heterocycles. The molecule has 2 N–H and O–H groups in total. The number of carbonyl (C=O) groups is 3. The largest absolute Gasteiger partial charge is 0.506 e. The quantitative estimate of drug-likeness (QED) is 0.384. The summed E-state index contributed by atoms with van der Waals surface area (Å²) in [6.45, 7) is 0. The van der Waals surface area contributed by atoms with Crippen LogP contribution in [0.2, 0.25) is 0 Å². The smallest absolute Gasteiger partial charge is 0.234 e. The number of nitrogens with one attached hydrogen (secondary N) is 1. The number of phenols is 1. The maximum Gasteiger partial charge on any atom is 0.234 e. The van der Waals surface area contributed by atoms with E-state index in [1.54, 1.807) is 18.2 Å². The molecule has 5 atom stereocenters. The van der Waals surface area contributed by atoms with Gasteiger partial charge in [-0.2, -0.15) is 0 Å². The van der Waals surface area contributed by atoms with Crippen molar-refractivity contribution in [2.75, 3.05) is 5.32 Å². The third-order valence-corrected chi connectivity index (χ3v) is 7.16. The number of anilines is 1. The average Bonchev–Trinajstić information content (AvgIpc) is 3.43. The summed E-state index contributed by atoms with van der Waals surface area (Å²) in [6.07, 6.45) is 4.88. The second-order valence-electron chi connectivity index (χ2n) is 8.38. The predicted molar refractivity (Wildman–Crippen MR) is 118 cm³/mol. The topological polar surface area (TPSA) is 86.7 Å². The van der Waals surface area contributed by atoms with Crippen molar-refractivity contribution in [3.63, 3.8) is 0 Å². The molecule has 2 fully saturated rings. The predicted octanol–water partition coefficient (Wildman–Crippen LogP) is 4.03. The number of hydrogen-bond donors (Lipinski definition) is 2. The Morgan fingerprint density at radius 3 is 2.26 bits per heavy atom. The Morgan fingerprint density at radius 1 is 1.03 bits per heavy atom. The summed E-state index contributed by atoms with van der Waals surface area (Å²) in [7, 11) is 0. The second-order valence-corrected chi connectivity index (χ2v) is 9.30. The number of likely N-dealkylation sites (tertiary alicyclic amines) is 1. The molecular formula is C24H21BrN2O4. The molecule has 0 radical (unpaired) electrons. The summed E-state index contributed by atoms with van der Waals surface area (Å²) in [5.74, 6) is -1.21. The number of amides is 3. The number of hydrogen-bond acceptors (Lipinski definition) is 4. The minimum absolute atomic E-state index is 0.0402. The van der Waals surface area contributed by atoms with E-state index in [1.165, 1.54) is 11.0 Å². The summed E-state index contributed by atoms with van der Waals surface area (Å²) in [4.78, 5) is 40.9. The molecule has 7 heteroatoms. The molecule has 158 valence electrons. The van der Waals surface area contributed by atoms with Crippen molar-refractivity contribution in [2.45, 2.75) is 18.9 Å². The molecule has 1 aliphatic heterocycles. The van der Waals surface area contributed by atoms with Gasteiger partial charge in [0, 0.05) is 4.47 Å². The molecule has 3 aliphatic rings. The fourth-order valence-electron chi connectivity index (χ4n) is 5.23. The minimum atomic E-state index is -0.705. The van der Waals surface area contributed by atoms with Gasteiger partial charge in [-0.25, -0.2) is 0 Å². The maximum atomic E-state index is 13.4. The summed E-state index contributed by atoms with van der Waals surface area (Å²) in [6, 6.07) is 13.1. The lowest BCUT2D eigenvalue weighted by atomic mass is 9.85. The van der Waals surface area contributed by atoms with Crippen molar-refractivity contribution in [1.29, 1.82) is 0 Å². The monoisotopic (exact) mass is 480 g/mol. The molecule has 2 aliphatic carbocycles. The van der Waals surface area contributed by atoms with E-state index in [4.69, 9.17) is 0 Å². The van der Waals surface area contributed by atoms with Crippen LogP contribution in [0.4, 0.5) is 5.69 Å². The van der Waals surface area contributed by atoms with Gasteiger partial charge >= 0.3 is 0 Å². The fraction of sp³-hybridized carbons (Fsp3) is 0.292. The van der Waals surface area contributed by atoms with Crippen LogP contribution >= 0.6 is 15.9 Å². The first-order valence-corrected chi connectivity index (χ1v) is 11.1. The van der Waals surface area contributed by atoms with Gasteiger partial charge in [-0.1, -0.05) is 52.3 Å². The normalized spacial score (nSPS) is 26.9. The van der Waals surface area contributed by atoms with Crippen molar-refractivity contribution in [1.82, 2.24) is 4.90 Å². The highest BCUT2D eigenvalue weighted by Crippen LogP contribution is 2.54. The number of imide groups is 1. The molecule has 6 nitrogen and oxygen atoms in total. The molecule has 31 heavy (non-hydrogen) atoms. The molecule has 5 rings (SSSR count). The zero-order valence-electron chi connectivity index (χ0n) is 16.6. The molecule has 0 spiro atoms. The first kappa shape index (κ1) is 20.0. The van der Waals surface area contributed by atoms with Crippen LogP contribution in [0.1, 0.15) is 24.4 Å². The van der Waals surface area contributed by atoms with Gasteiger partial charge in [0.05, 0.1) is 30.0 Å². The number of rotatable bonds is 5. The highest BCUT2D eigenvalue weighted by atomic mass is 79.9. The van der Waals surface area contributed by atoms with Crippen LogP contribution in [0.25, 0.3) is 0 Å². The zero-order valence-corrected chi connectivity index (χ0v) is 18.2. The van der Waals surface area contributed by atoms with E-state index in [-0.39, 0.29) is 53.6 Å². The number of fused-ring (bicyclic) bond motifs is 5. The van der Waals surface area contributed by atoms with E-state index < -0.39 is 6.04 Å². The average molecular weight is 481 g/mol. The highest BCUT2D eigenvalue weighted by Gasteiger charge is 2.60. The van der Waals surface area contributed by atoms with E-state index in [9.17, 15) is 19.5 Å². The lowest BCUT2D eigenvalue weighted by Gasteiger charge is -2.28. The number of para-hydroxylation sites is 2. The maximum absolute atomic E-state index is 13.4. The Kier molecular flexibility index (Phi) is 4.93. The molecule has 2 aromatic rings. The minimum Gasteiger partial charge on any atom is -0.506 e. The van der Waals surface area contributed by atoms with Crippen LogP contribution in [0.15, 0.2) is 65.2 Å². The van der Waals surface area contributed by atoms with Gasteiger partial charge in [0.1, 0.15) is 5.75 Å². The molecule has 1 heterocycles. The second kappa shape index (κ2) is 7.64. The van der Waals surface area contributed by atoms with Gasteiger partial charge in [-0.15, -0.1) is 0 Å². The van der Waals surface area contributed by atoms with Crippen LogP contribution in [0.3, 0.4) is 0 Å². The first-order valence-electron chi connectivity index (χ1n) is 10.3. The molecule has 1 saturated carbocycles. The Bertz CT molecular complexity index is 1070. The van der Waals surface area contributed by atoms with Crippen LogP contribution < -0.4 is 5.32 Å².